The van der Waals surface area contributed by atoms with Crippen LogP contribution in [0.4, 0.5) is 13.2 Å². The van der Waals surface area contributed by atoms with E-state index in [0.717, 1.165) is 68.1 Å². The summed E-state index contributed by atoms with van der Waals surface area (Å²) < 4.78 is 40.6. The number of piperidine rings is 1. The first-order valence-electron chi connectivity index (χ1n) is 10.9. The largest absolute Gasteiger partial charge is 0.416 e. The molecule has 3 aromatic rings. The van der Waals surface area contributed by atoms with E-state index in [2.05, 4.69) is 25.3 Å². The molecule has 0 radical (unpaired) electrons. The lowest BCUT2D eigenvalue weighted by molar-refractivity contribution is -0.137. The molecule has 0 amide bonds. The standard InChI is InChI=1S/C23H25F3N6/c1-31-20(29-30-21(31)16-9-10-27-28-13-16)4-2-3-11-32-14-19-12-22(19,15-32)17-5-7-18(8-6-17)23(24,25)26/h5-10,13,19H,2-4,11-12,14-15H2,1H3/t19-,22+/m0/s1. The molecule has 9 heteroatoms. The molecule has 5 rings (SSSR count). The SMILES string of the molecule is Cn1c(CCCCN2C[C@@H]3C[C@]3(c3ccc(C(F)(F)F)cc3)C2)nnc1-c1ccnnc1. The minimum Gasteiger partial charge on any atom is -0.314 e. The van der Waals surface area contributed by atoms with E-state index in [1.807, 2.05) is 17.7 Å². The molecule has 0 N–H and O–H groups in total. The van der Waals surface area contributed by atoms with Gasteiger partial charge >= 0.3 is 6.18 Å². The number of halogens is 3. The second kappa shape index (κ2) is 7.95. The summed E-state index contributed by atoms with van der Waals surface area (Å²) in [7, 11) is 1.97. The van der Waals surface area contributed by atoms with Crippen molar-refractivity contribution in [2.24, 2.45) is 13.0 Å². The van der Waals surface area contributed by atoms with Crippen molar-refractivity contribution < 1.29 is 13.2 Å². The van der Waals surface area contributed by atoms with E-state index < -0.39 is 11.7 Å². The lowest BCUT2D eigenvalue weighted by Gasteiger charge is -2.21. The smallest absolute Gasteiger partial charge is 0.314 e. The van der Waals surface area contributed by atoms with Crippen molar-refractivity contribution in [1.29, 1.82) is 0 Å². The first-order valence-corrected chi connectivity index (χ1v) is 10.9. The number of rotatable bonds is 7. The maximum absolute atomic E-state index is 12.8. The fourth-order valence-corrected chi connectivity index (χ4v) is 5.07. The van der Waals surface area contributed by atoms with Crippen molar-refractivity contribution in [1.82, 2.24) is 29.9 Å². The van der Waals surface area contributed by atoms with Gasteiger partial charge in [-0.2, -0.15) is 23.4 Å². The number of likely N-dealkylation sites (tertiary alicyclic amines) is 1. The number of unbranched alkanes of at least 4 members (excludes halogenated alkanes) is 1. The van der Waals surface area contributed by atoms with Crippen LogP contribution in [0.2, 0.25) is 0 Å². The van der Waals surface area contributed by atoms with Crippen LogP contribution in [0.25, 0.3) is 11.4 Å². The number of aryl methyl sites for hydroxylation is 1. The van der Waals surface area contributed by atoms with Crippen LogP contribution in [0.5, 0.6) is 0 Å². The van der Waals surface area contributed by atoms with Gasteiger partial charge < -0.3 is 9.47 Å². The monoisotopic (exact) mass is 442 g/mol. The molecule has 0 bridgehead atoms. The molecule has 0 spiro atoms. The van der Waals surface area contributed by atoms with Crippen LogP contribution in [0.15, 0.2) is 42.7 Å². The Balaban J connectivity index is 1.12. The molecule has 6 nitrogen and oxygen atoms in total. The molecule has 2 aliphatic rings. The van der Waals surface area contributed by atoms with Crippen LogP contribution in [0.1, 0.15) is 36.2 Å². The molecule has 1 aromatic carbocycles. The van der Waals surface area contributed by atoms with Crippen LogP contribution in [-0.2, 0) is 25.1 Å². The molecule has 1 aliphatic heterocycles. The van der Waals surface area contributed by atoms with E-state index in [1.54, 1.807) is 24.5 Å². The average molecular weight is 442 g/mol. The highest BCUT2D eigenvalue weighted by Crippen LogP contribution is 2.59. The zero-order valence-corrected chi connectivity index (χ0v) is 17.9. The highest BCUT2D eigenvalue weighted by atomic mass is 19.4. The Hall–Kier alpha value is -2.81. The molecule has 2 fully saturated rings. The van der Waals surface area contributed by atoms with Crippen LogP contribution < -0.4 is 0 Å². The molecule has 3 heterocycles. The molecule has 1 saturated heterocycles. The van der Waals surface area contributed by atoms with Gasteiger partial charge in [-0.3, -0.25) is 0 Å². The predicted octanol–water partition coefficient (Wildman–Crippen LogP) is 3.89. The first-order chi connectivity index (χ1) is 15.4. The van der Waals surface area contributed by atoms with E-state index in [1.165, 1.54) is 12.1 Å². The Labute approximate surface area is 184 Å². The van der Waals surface area contributed by atoms with Gasteiger partial charge in [0.25, 0.3) is 0 Å². The van der Waals surface area contributed by atoms with Crippen LogP contribution in [0, 0.1) is 5.92 Å². The Morgan fingerprint density at radius 1 is 1.06 bits per heavy atom. The summed E-state index contributed by atoms with van der Waals surface area (Å²) in [6, 6.07) is 7.66. The van der Waals surface area contributed by atoms with Gasteiger partial charge in [-0.15, -0.1) is 10.2 Å². The summed E-state index contributed by atoms with van der Waals surface area (Å²) in [4.78, 5) is 2.45. The van der Waals surface area contributed by atoms with Crippen molar-refractivity contribution in [3.8, 4) is 11.4 Å². The molecular weight excluding hydrogens is 417 g/mol. The molecule has 2 aromatic heterocycles. The second-order valence-corrected chi connectivity index (χ2v) is 8.95. The number of alkyl halides is 3. The maximum Gasteiger partial charge on any atom is 0.416 e. The molecule has 32 heavy (non-hydrogen) atoms. The third kappa shape index (κ3) is 3.90. The zero-order chi connectivity index (χ0) is 22.3. The number of nitrogens with zero attached hydrogens (tertiary/aromatic N) is 6. The van der Waals surface area contributed by atoms with Gasteiger partial charge in [0.15, 0.2) is 5.82 Å². The molecule has 2 atom stereocenters. The fraction of sp³-hybridized carbons (Fsp3) is 0.478. The first kappa shape index (κ1) is 21.1. The summed E-state index contributed by atoms with van der Waals surface area (Å²) in [5.41, 5.74) is 1.43. The summed E-state index contributed by atoms with van der Waals surface area (Å²) in [5.74, 6) is 2.30. The van der Waals surface area contributed by atoms with E-state index in [4.69, 9.17) is 0 Å². The van der Waals surface area contributed by atoms with Gasteiger partial charge in [-0.05, 0) is 55.5 Å². The summed E-state index contributed by atoms with van der Waals surface area (Å²) in [5, 5.41) is 16.3. The van der Waals surface area contributed by atoms with E-state index in [9.17, 15) is 13.2 Å². The summed E-state index contributed by atoms with van der Waals surface area (Å²) in [6.45, 7) is 2.97. The average Bonchev–Trinajstić information content (AvgIpc) is 3.16. The zero-order valence-electron chi connectivity index (χ0n) is 17.9. The minimum absolute atomic E-state index is 0.0567. The van der Waals surface area contributed by atoms with Crippen molar-refractivity contribution in [2.75, 3.05) is 19.6 Å². The third-order valence-corrected chi connectivity index (χ3v) is 6.94. The topological polar surface area (TPSA) is 59.7 Å². The molecule has 1 saturated carbocycles. The number of aromatic nitrogens is 5. The van der Waals surface area contributed by atoms with Gasteiger partial charge in [0.1, 0.15) is 5.82 Å². The highest BCUT2D eigenvalue weighted by Gasteiger charge is 2.60. The lowest BCUT2D eigenvalue weighted by atomic mass is 9.94. The fourth-order valence-electron chi connectivity index (χ4n) is 5.07. The Bertz CT molecular complexity index is 1080. The number of hydrogen-bond acceptors (Lipinski definition) is 5. The Morgan fingerprint density at radius 3 is 2.59 bits per heavy atom. The quantitative estimate of drug-likeness (QED) is 0.520. The third-order valence-electron chi connectivity index (χ3n) is 6.94. The maximum atomic E-state index is 12.8. The molecule has 1 aliphatic carbocycles. The predicted molar refractivity (Wildman–Crippen MR) is 113 cm³/mol. The Kier molecular flexibility index (Phi) is 5.23. The van der Waals surface area contributed by atoms with Crippen LogP contribution in [0.3, 0.4) is 0 Å². The van der Waals surface area contributed by atoms with Gasteiger partial charge in [0.2, 0.25) is 0 Å². The van der Waals surface area contributed by atoms with Gasteiger partial charge in [-0.1, -0.05) is 12.1 Å². The van der Waals surface area contributed by atoms with Crippen molar-refractivity contribution in [3.05, 3.63) is 59.7 Å². The molecule has 168 valence electrons. The van der Waals surface area contributed by atoms with E-state index in [-0.39, 0.29) is 5.41 Å². The van der Waals surface area contributed by atoms with Crippen molar-refractivity contribution in [3.63, 3.8) is 0 Å². The Morgan fingerprint density at radius 2 is 1.88 bits per heavy atom. The minimum atomic E-state index is -4.28. The summed E-state index contributed by atoms with van der Waals surface area (Å²) in [6.07, 6.45) is 3.04. The van der Waals surface area contributed by atoms with Crippen LogP contribution >= 0.6 is 0 Å². The van der Waals surface area contributed by atoms with Gasteiger partial charge in [-0.25, -0.2) is 0 Å². The number of benzene rings is 1. The van der Waals surface area contributed by atoms with Gasteiger partial charge in [0, 0.05) is 37.5 Å². The second-order valence-electron chi connectivity index (χ2n) is 8.95. The van der Waals surface area contributed by atoms with E-state index >= 15 is 0 Å². The van der Waals surface area contributed by atoms with Crippen molar-refractivity contribution >= 4 is 0 Å². The summed E-state index contributed by atoms with van der Waals surface area (Å²) >= 11 is 0. The normalized spacial score (nSPS) is 22.8. The van der Waals surface area contributed by atoms with E-state index in [0.29, 0.717) is 5.92 Å². The van der Waals surface area contributed by atoms with Gasteiger partial charge in [0.05, 0.1) is 18.0 Å². The lowest BCUT2D eigenvalue weighted by Crippen LogP contribution is -2.27. The van der Waals surface area contributed by atoms with Crippen molar-refractivity contribution in [2.45, 2.75) is 37.3 Å². The highest BCUT2D eigenvalue weighted by molar-refractivity contribution is 5.52. The number of fused-ring (bicyclic) bond motifs is 1. The molecule has 0 unspecified atom stereocenters. The number of hydrogen-bond donors (Lipinski definition) is 0. The van der Waals surface area contributed by atoms with Crippen LogP contribution in [-0.4, -0.2) is 49.5 Å². The molecular formula is C23H25F3N6.